The van der Waals surface area contributed by atoms with Crippen molar-refractivity contribution in [1.82, 2.24) is 20.0 Å². The lowest BCUT2D eigenvalue weighted by atomic mass is 10.0. The fourth-order valence-corrected chi connectivity index (χ4v) is 3.02. The summed E-state index contributed by atoms with van der Waals surface area (Å²) in [7, 11) is 0. The molecule has 148 valence electrons. The van der Waals surface area contributed by atoms with Gasteiger partial charge in [0.15, 0.2) is 0 Å². The van der Waals surface area contributed by atoms with Crippen LogP contribution in [0, 0.1) is 11.7 Å². The molecule has 3 heterocycles. The molecule has 0 saturated carbocycles. The summed E-state index contributed by atoms with van der Waals surface area (Å²) in [4.78, 5) is 38.6. The van der Waals surface area contributed by atoms with E-state index < -0.39 is 23.7 Å². The Kier molecular flexibility index (Phi) is 5.23. The highest BCUT2D eigenvalue weighted by molar-refractivity contribution is 6.28. The number of fused-ring (bicyclic) bond motifs is 1. The Balaban J connectivity index is 1.41. The van der Waals surface area contributed by atoms with Crippen molar-refractivity contribution in [3.8, 4) is 0 Å². The van der Waals surface area contributed by atoms with E-state index in [1.165, 1.54) is 18.3 Å². The number of carbonyl (C=O) groups excluding carboxylic acids is 2. The SMILES string of the molecule is O=C1NC2=NC(=NCCCn3cccn3)N=CC2C(=O)N1Cc1ccccc1F. The maximum Gasteiger partial charge on any atom is 0.329 e. The number of carbonyl (C=O) groups is 2. The molecule has 2 aromatic rings. The zero-order valence-electron chi connectivity index (χ0n) is 15.4. The van der Waals surface area contributed by atoms with Crippen LogP contribution < -0.4 is 5.32 Å². The number of aliphatic imine (C=N–C) groups is 3. The largest absolute Gasteiger partial charge is 0.329 e. The maximum absolute atomic E-state index is 13.9. The van der Waals surface area contributed by atoms with Crippen molar-refractivity contribution in [3.63, 3.8) is 0 Å². The summed E-state index contributed by atoms with van der Waals surface area (Å²) in [5.41, 5.74) is 0.253. The maximum atomic E-state index is 13.9. The Morgan fingerprint density at radius 2 is 2.07 bits per heavy atom. The minimum Gasteiger partial charge on any atom is -0.294 e. The zero-order chi connectivity index (χ0) is 20.2. The molecule has 1 aromatic carbocycles. The van der Waals surface area contributed by atoms with Crippen LogP contribution in [0.1, 0.15) is 12.0 Å². The van der Waals surface area contributed by atoms with Crippen LogP contribution in [0.15, 0.2) is 57.7 Å². The van der Waals surface area contributed by atoms with Crippen LogP contribution in [0.4, 0.5) is 9.18 Å². The van der Waals surface area contributed by atoms with Gasteiger partial charge in [-0.2, -0.15) is 10.1 Å². The van der Waals surface area contributed by atoms with Crippen molar-refractivity contribution < 1.29 is 14.0 Å². The van der Waals surface area contributed by atoms with Crippen molar-refractivity contribution in [2.75, 3.05) is 6.54 Å². The van der Waals surface area contributed by atoms with Crippen LogP contribution in [0.3, 0.4) is 0 Å². The molecular weight excluding hydrogens is 377 g/mol. The molecule has 3 amide bonds. The van der Waals surface area contributed by atoms with Gasteiger partial charge in [-0.15, -0.1) is 0 Å². The van der Waals surface area contributed by atoms with Crippen molar-refractivity contribution >= 4 is 29.9 Å². The van der Waals surface area contributed by atoms with Crippen molar-refractivity contribution in [2.24, 2.45) is 20.9 Å². The zero-order valence-corrected chi connectivity index (χ0v) is 15.4. The number of guanidine groups is 1. The average Bonchev–Trinajstić information content (AvgIpc) is 3.23. The molecule has 0 bridgehead atoms. The molecule has 1 aromatic heterocycles. The van der Waals surface area contributed by atoms with Gasteiger partial charge in [-0.1, -0.05) is 18.2 Å². The second kappa shape index (κ2) is 8.13. The number of hydrogen-bond acceptors (Lipinski definition) is 4. The fourth-order valence-electron chi connectivity index (χ4n) is 3.02. The number of urea groups is 1. The summed E-state index contributed by atoms with van der Waals surface area (Å²) in [5.74, 6) is -1.41. The Morgan fingerprint density at radius 3 is 2.86 bits per heavy atom. The number of halogens is 1. The van der Waals surface area contributed by atoms with E-state index in [-0.39, 0.29) is 23.9 Å². The minimum atomic E-state index is -0.817. The van der Waals surface area contributed by atoms with Crippen molar-refractivity contribution in [1.29, 1.82) is 0 Å². The predicted octanol–water partition coefficient (Wildman–Crippen LogP) is 1.62. The lowest BCUT2D eigenvalue weighted by molar-refractivity contribution is -0.129. The molecule has 2 aliphatic rings. The molecule has 4 rings (SSSR count). The monoisotopic (exact) mass is 395 g/mol. The van der Waals surface area contributed by atoms with E-state index in [0.717, 1.165) is 11.3 Å². The Morgan fingerprint density at radius 1 is 1.21 bits per heavy atom. The summed E-state index contributed by atoms with van der Waals surface area (Å²) in [6, 6.07) is 7.21. The van der Waals surface area contributed by atoms with Crippen molar-refractivity contribution in [3.05, 3.63) is 54.1 Å². The van der Waals surface area contributed by atoms with E-state index in [2.05, 4.69) is 25.4 Å². The third kappa shape index (κ3) is 4.10. The van der Waals surface area contributed by atoms with Crippen LogP contribution in [0.5, 0.6) is 0 Å². The quantitative estimate of drug-likeness (QED) is 0.752. The first-order valence-electron chi connectivity index (χ1n) is 9.12. The number of aryl methyl sites for hydroxylation is 1. The Bertz CT molecular complexity index is 1010. The molecule has 0 spiro atoms. The standard InChI is InChI=1S/C19H18FN7O2/c20-15-6-2-1-5-13(15)12-27-17(28)14-11-22-18(24-16(14)25-19(27)29)21-7-3-9-26-10-4-8-23-26/h1-2,4-6,8,10-11,14H,3,7,9,12H2,(H,21,24,25,29). The minimum absolute atomic E-state index is 0.163. The van der Waals surface area contributed by atoms with Gasteiger partial charge in [0.1, 0.15) is 17.6 Å². The van der Waals surface area contributed by atoms with E-state index in [1.54, 1.807) is 23.0 Å². The number of benzene rings is 1. The predicted molar refractivity (Wildman–Crippen MR) is 104 cm³/mol. The molecular formula is C19H18FN7O2. The van der Waals surface area contributed by atoms with Gasteiger partial charge in [0, 0.05) is 37.3 Å². The number of imide groups is 1. The molecule has 1 fully saturated rings. The first-order chi connectivity index (χ1) is 14.1. The number of amidine groups is 1. The molecule has 1 N–H and O–H groups in total. The van der Waals surface area contributed by atoms with Gasteiger partial charge in [-0.05, 0) is 18.6 Å². The molecule has 1 unspecified atom stereocenters. The molecule has 2 aliphatic heterocycles. The third-order valence-electron chi connectivity index (χ3n) is 4.51. The van der Waals surface area contributed by atoms with Crippen LogP contribution in [-0.2, 0) is 17.9 Å². The van der Waals surface area contributed by atoms with Gasteiger partial charge in [-0.25, -0.2) is 19.2 Å². The number of amides is 3. The molecule has 1 saturated heterocycles. The highest BCUT2D eigenvalue weighted by Crippen LogP contribution is 2.18. The van der Waals surface area contributed by atoms with Crippen LogP contribution >= 0.6 is 0 Å². The van der Waals surface area contributed by atoms with Gasteiger partial charge in [0.25, 0.3) is 0 Å². The number of nitrogens with zero attached hydrogens (tertiary/aromatic N) is 6. The normalized spacial score (nSPS) is 19.9. The van der Waals surface area contributed by atoms with E-state index in [4.69, 9.17) is 0 Å². The number of aromatic nitrogens is 2. The number of hydrogen-bond donors (Lipinski definition) is 1. The molecule has 29 heavy (non-hydrogen) atoms. The summed E-state index contributed by atoms with van der Waals surface area (Å²) < 4.78 is 15.7. The van der Waals surface area contributed by atoms with Gasteiger partial charge >= 0.3 is 6.03 Å². The van der Waals surface area contributed by atoms with Gasteiger partial charge in [0.2, 0.25) is 11.9 Å². The lowest BCUT2D eigenvalue weighted by Gasteiger charge is -2.31. The summed E-state index contributed by atoms with van der Waals surface area (Å²) in [5, 5.41) is 6.70. The first-order valence-corrected chi connectivity index (χ1v) is 9.12. The van der Waals surface area contributed by atoms with Crippen LogP contribution in [0.25, 0.3) is 0 Å². The van der Waals surface area contributed by atoms with E-state index in [9.17, 15) is 14.0 Å². The highest BCUT2D eigenvalue weighted by Gasteiger charge is 2.39. The molecule has 0 radical (unpaired) electrons. The van der Waals surface area contributed by atoms with Crippen LogP contribution in [-0.4, -0.2) is 51.2 Å². The average molecular weight is 395 g/mol. The van der Waals surface area contributed by atoms with E-state index >= 15 is 0 Å². The number of nitrogens with one attached hydrogen (secondary N) is 1. The van der Waals surface area contributed by atoms with Crippen molar-refractivity contribution in [2.45, 2.75) is 19.5 Å². The van der Waals surface area contributed by atoms with Gasteiger partial charge < -0.3 is 0 Å². The highest BCUT2D eigenvalue weighted by atomic mass is 19.1. The van der Waals surface area contributed by atoms with Gasteiger partial charge in [-0.3, -0.25) is 19.7 Å². The molecule has 10 heteroatoms. The topological polar surface area (TPSA) is 104 Å². The molecule has 1 atom stereocenters. The Hall–Kier alpha value is -3.69. The summed E-state index contributed by atoms with van der Waals surface area (Å²) in [6.07, 6.45) is 5.73. The van der Waals surface area contributed by atoms with E-state index in [0.29, 0.717) is 13.1 Å². The second-order valence-corrected chi connectivity index (χ2v) is 6.50. The van der Waals surface area contributed by atoms with Crippen LogP contribution in [0.2, 0.25) is 0 Å². The molecule has 9 nitrogen and oxygen atoms in total. The second-order valence-electron chi connectivity index (χ2n) is 6.50. The smallest absolute Gasteiger partial charge is 0.294 e. The number of rotatable bonds is 6. The summed E-state index contributed by atoms with van der Waals surface area (Å²) in [6.45, 7) is 1.03. The Labute approximate surface area is 165 Å². The first kappa shape index (κ1) is 18.7. The fraction of sp³-hybridized carbons (Fsp3) is 0.263. The third-order valence-corrected chi connectivity index (χ3v) is 4.51. The molecule has 0 aliphatic carbocycles. The lowest BCUT2D eigenvalue weighted by Crippen LogP contribution is -2.58. The van der Waals surface area contributed by atoms with E-state index in [1.807, 2.05) is 12.3 Å². The van der Waals surface area contributed by atoms with Gasteiger partial charge in [0.05, 0.1) is 6.54 Å². The summed E-state index contributed by atoms with van der Waals surface area (Å²) >= 11 is 0.